The van der Waals surface area contributed by atoms with Crippen LogP contribution in [-0.4, -0.2) is 11.7 Å². The van der Waals surface area contributed by atoms with E-state index in [4.69, 9.17) is 0 Å². The van der Waals surface area contributed by atoms with Crippen LogP contribution >= 0.6 is 15.9 Å². The molecule has 2 aromatic rings. The van der Waals surface area contributed by atoms with Gasteiger partial charge in [-0.05, 0) is 35.2 Å². The summed E-state index contributed by atoms with van der Waals surface area (Å²) >= 11 is 3.56. The number of aliphatic hydroxyl groups excluding tert-OH is 1. The maximum Gasteiger partial charge on any atom is 0.0527 e. The molecule has 1 fully saturated rings. The van der Waals surface area contributed by atoms with Gasteiger partial charge in [0.1, 0.15) is 0 Å². The SMILES string of the molecule is OCC1(c2ccc3c(Br)cccc3c2)CC1. The molecule has 3 rings (SSSR count). The summed E-state index contributed by atoms with van der Waals surface area (Å²) < 4.78 is 1.13. The summed E-state index contributed by atoms with van der Waals surface area (Å²) in [4.78, 5) is 0. The lowest BCUT2D eigenvalue weighted by Crippen LogP contribution is -2.11. The number of fused-ring (bicyclic) bond motifs is 1. The van der Waals surface area contributed by atoms with Gasteiger partial charge >= 0.3 is 0 Å². The molecule has 0 saturated heterocycles. The maximum atomic E-state index is 9.43. The summed E-state index contributed by atoms with van der Waals surface area (Å²) in [5.41, 5.74) is 1.34. The normalized spacial score (nSPS) is 17.6. The van der Waals surface area contributed by atoms with E-state index in [1.54, 1.807) is 0 Å². The van der Waals surface area contributed by atoms with E-state index in [0.717, 1.165) is 17.3 Å². The van der Waals surface area contributed by atoms with Gasteiger partial charge in [0.2, 0.25) is 0 Å². The zero-order chi connectivity index (χ0) is 11.2. The highest BCUT2D eigenvalue weighted by molar-refractivity contribution is 9.10. The zero-order valence-corrected chi connectivity index (χ0v) is 10.5. The Bertz CT molecular complexity index is 543. The molecule has 1 saturated carbocycles. The molecule has 1 aliphatic carbocycles. The van der Waals surface area contributed by atoms with Crippen molar-refractivity contribution in [3.05, 3.63) is 46.4 Å². The fraction of sp³-hybridized carbons (Fsp3) is 0.286. The average Bonchev–Trinajstić information content (AvgIpc) is 3.10. The van der Waals surface area contributed by atoms with Crippen molar-refractivity contribution in [3.8, 4) is 0 Å². The topological polar surface area (TPSA) is 20.2 Å². The summed E-state index contributed by atoms with van der Waals surface area (Å²) in [6.45, 7) is 0.270. The standard InChI is InChI=1S/C14H13BrO/c15-13-3-1-2-10-8-11(4-5-12(10)13)14(9-16)6-7-14/h1-5,8,16H,6-7,9H2. The van der Waals surface area contributed by atoms with Gasteiger partial charge in [-0.25, -0.2) is 0 Å². The molecule has 1 aliphatic rings. The van der Waals surface area contributed by atoms with Crippen molar-refractivity contribution in [2.24, 2.45) is 0 Å². The Morgan fingerprint density at radius 3 is 2.69 bits per heavy atom. The summed E-state index contributed by atoms with van der Waals surface area (Å²) in [7, 11) is 0. The molecular formula is C14H13BrO. The molecule has 0 unspecified atom stereocenters. The lowest BCUT2D eigenvalue weighted by atomic mass is 9.94. The van der Waals surface area contributed by atoms with Gasteiger partial charge < -0.3 is 5.11 Å². The van der Waals surface area contributed by atoms with Gasteiger partial charge in [-0.15, -0.1) is 0 Å². The Morgan fingerprint density at radius 2 is 2.00 bits per heavy atom. The molecule has 2 heteroatoms. The predicted octanol–water partition coefficient (Wildman–Crippen LogP) is 3.63. The van der Waals surface area contributed by atoms with E-state index in [1.165, 1.54) is 16.3 Å². The van der Waals surface area contributed by atoms with Crippen molar-refractivity contribution in [2.75, 3.05) is 6.61 Å². The second kappa shape index (κ2) is 3.57. The minimum Gasteiger partial charge on any atom is -0.395 e. The molecular weight excluding hydrogens is 264 g/mol. The largest absolute Gasteiger partial charge is 0.395 e. The Hall–Kier alpha value is -0.860. The molecule has 0 spiro atoms. The first-order chi connectivity index (χ1) is 7.75. The third-order valence-corrected chi connectivity index (χ3v) is 4.29. The fourth-order valence-electron chi connectivity index (χ4n) is 2.26. The highest BCUT2D eigenvalue weighted by Crippen LogP contribution is 2.48. The van der Waals surface area contributed by atoms with Gasteiger partial charge in [0.15, 0.2) is 0 Å². The molecule has 0 amide bonds. The smallest absolute Gasteiger partial charge is 0.0527 e. The van der Waals surface area contributed by atoms with Crippen LogP contribution in [0, 0.1) is 0 Å². The Kier molecular flexibility index (Phi) is 2.30. The third kappa shape index (κ3) is 1.48. The first-order valence-electron chi connectivity index (χ1n) is 5.55. The molecule has 0 aromatic heterocycles. The molecule has 0 atom stereocenters. The minimum atomic E-state index is 0.0660. The number of rotatable bonds is 2. The van der Waals surface area contributed by atoms with Crippen molar-refractivity contribution >= 4 is 26.7 Å². The average molecular weight is 277 g/mol. The van der Waals surface area contributed by atoms with Crippen LogP contribution in [0.5, 0.6) is 0 Å². The maximum absolute atomic E-state index is 9.43. The number of aliphatic hydroxyl groups is 1. The van der Waals surface area contributed by atoms with Crippen LogP contribution in [-0.2, 0) is 5.41 Å². The highest BCUT2D eigenvalue weighted by atomic mass is 79.9. The van der Waals surface area contributed by atoms with E-state index in [-0.39, 0.29) is 12.0 Å². The lowest BCUT2D eigenvalue weighted by molar-refractivity contribution is 0.255. The zero-order valence-electron chi connectivity index (χ0n) is 8.91. The summed E-state index contributed by atoms with van der Waals surface area (Å²) in [6.07, 6.45) is 2.23. The van der Waals surface area contributed by atoms with Crippen molar-refractivity contribution in [3.63, 3.8) is 0 Å². The van der Waals surface area contributed by atoms with E-state index in [9.17, 15) is 5.11 Å². The molecule has 0 aliphatic heterocycles. The van der Waals surface area contributed by atoms with Crippen LogP contribution in [0.1, 0.15) is 18.4 Å². The number of hydrogen-bond donors (Lipinski definition) is 1. The van der Waals surface area contributed by atoms with Gasteiger partial charge in [-0.3, -0.25) is 0 Å². The van der Waals surface area contributed by atoms with Gasteiger partial charge in [-0.2, -0.15) is 0 Å². The van der Waals surface area contributed by atoms with Crippen molar-refractivity contribution in [2.45, 2.75) is 18.3 Å². The Balaban J connectivity index is 2.17. The predicted molar refractivity (Wildman–Crippen MR) is 69.6 cm³/mol. The highest BCUT2D eigenvalue weighted by Gasteiger charge is 2.43. The van der Waals surface area contributed by atoms with E-state index < -0.39 is 0 Å². The summed E-state index contributed by atoms with van der Waals surface area (Å²) in [5.74, 6) is 0. The second-order valence-corrected chi connectivity index (χ2v) is 5.47. The minimum absolute atomic E-state index is 0.0660. The quantitative estimate of drug-likeness (QED) is 0.888. The Morgan fingerprint density at radius 1 is 1.19 bits per heavy atom. The molecule has 82 valence electrons. The van der Waals surface area contributed by atoms with Gasteiger partial charge in [0.25, 0.3) is 0 Å². The molecule has 0 bridgehead atoms. The van der Waals surface area contributed by atoms with Crippen LogP contribution in [0.2, 0.25) is 0 Å². The van der Waals surface area contributed by atoms with Crippen molar-refractivity contribution in [1.29, 1.82) is 0 Å². The van der Waals surface area contributed by atoms with Gasteiger partial charge in [-0.1, -0.05) is 46.3 Å². The van der Waals surface area contributed by atoms with Crippen LogP contribution in [0.25, 0.3) is 10.8 Å². The number of halogens is 1. The van der Waals surface area contributed by atoms with Crippen LogP contribution < -0.4 is 0 Å². The van der Waals surface area contributed by atoms with E-state index in [1.807, 2.05) is 0 Å². The van der Waals surface area contributed by atoms with Gasteiger partial charge in [0, 0.05) is 9.89 Å². The third-order valence-electron chi connectivity index (χ3n) is 3.60. The van der Waals surface area contributed by atoms with Gasteiger partial charge in [0.05, 0.1) is 6.61 Å². The van der Waals surface area contributed by atoms with Crippen molar-refractivity contribution in [1.82, 2.24) is 0 Å². The van der Waals surface area contributed by atoms with E-state index in [2.05, 4.69) is 52.3 Å². The first-order valence-corrected chi connectivity index (χ1v) is 6.34. The Labute approximate surface area is 103 Å². The molecule has 0 radical (unpaired) electrons. The monoisotopic (exact) mass is 276 g/mol. The summed E-state index contributed by atoms with van der Waals surface area (Å²) in [5, 5.41) is 11.9. The van der Waals surface area contributed by atoms with Crippen LogP contribution in [0.4, 0.5) is 0 Å². The molecule has 2 aromatic carbocycles. The fourth-order valence-corrected chi connectivity index (χ4v) is 2.78. The molecule has 16 heavy (non-hydrogen) atoms. The van der Waals surface area contributed by atoms with Crippen LogP contribution in [0.15, 0.2) is 40.9 Å². The lowest BCUT2D eigenvalue weighted by Gasteiger charge is -2.13. The molecule has 1 nitrogen and oxygen atoms in total. The second-order valence-electron chi connectivity index (χ2n) is 4.61. The molecule has 1 N–H and O–H groups in total. The van der Waals surface area contributed by atoms with E-state index in [0.29, 0.717) is 0 Å². The number of hydrogen-bond acceptors (Lipinski definition) is 1. The van der Waals surface area contributed by atoms with Crippen molar-refractivity contribution < 1.29 is 5.11 Å². The van der Waals surface area contributed by atoms with E-state index >= 15 is 0 Å². The molecule has 0 heterocycles. The summed E-state index contributed by atoms with van der Waals surface area (Å²) in [6, 6.07) is 12.7. The first kappa shape index (κ1) is 10.3. The number of benzene rings is 2. The van der Waals surface area contributed by atoms with Crippen LogP contribution in [0.3, 0.4) is 0 Å².